The summed E-state index contributed by atoms with van der Waals surface area (Å²) in [6.45, 7) is 12.2. The van der Waals surface area contributed by atoms with E-state index in [0.29, 0.717) is 85.9 Å². The molecule has 0 saturated heterocycles. The van der Waals surface area contributed by atoms with Crippen LogP contribution in [0.3, 0.4) is 0 Å². The molecule has 0 radical (unpaired) electrons. The van der Waals surface area contributed by atoms with Crippen molar-refractivity contribution >= 4 is 23.0 Å². The maximum Gasteiger partial charge on any atom is 0.155 e. The van der Waals surface area contributed by atoms with Gasteiger partial charge in [0.25, 0.3) is 0 Å². The summed E-state index contributed by atoms with van der Waals surface area (Å²) < 4.78 is 36.8. The molecule has 0 aromatic carbocycles. The maximum atomic E-state index is 9.05. The van der Waals surface area contributed by atoms with E-state index in [4.69, 9.17) is 33.5 Å². The van der Waals surface area contributed by atoms with Crippen molar-refractivity contribution in [3.05, 3.63) is 0 Å². The Morgan fingerprint density at radius 3 is 1.56 bits per heavy atom. The molecule has 12 heteroatoms. The number of nitrogens with one attached hydrogen (secondary N) is 2. The molecule has 0 aromatic heterocycles. The van der Waals surface area contributed by atoms with Gasteiger partial charge in [0.2, 0.25) is 0 Å². The van der Waals surface area contributed by atoms with Crippen LogP contribution in [0.2, 0.25) is 0 Å². The Hall–Kier alpha value is 0.290. The van der Waals surface area contributed by atoms with Crippen LogP contribution in [0, 0.1) is 0 Å². The highest BCUT2D eigenvalue weighted by Gasteiger charge is 1.96. The first-order valence-electron chi connectivity index (χ1n) is 11.2. The molecule has 0 aromatic rings. The molecule has 11 nitrogen and oxygen atoms in total. The summed E-state index contributed by atoms with van der Waals surface area (Å²) in [7, 11) is 0. The third kappa shape index (κ3) is 30.3. The topological polar surface area (TPSA) is 118 Å². The minimum absolute atomic E-state index is 0.374. The van der Waals surface area contributed by atoms with Crippen LogP contribution in [0.15, 0.2) is 0 Å². The summed E-state index contributed by atoms with van der Waals surface area (Å²) in [4.78, 5) is 4.66. The monoisotopic (exact) mass is 582 g/mol. The summed E-state index contributed by atoms with van der Waals surface area (Å²) >= 11 is 1.66. The van der Waals surface area contributed by atoms with Crippen molar-refractivity contribution in [2.45, 2.75) is 19.4 Å². The van der Waals surface area contributed by atoms with Crippen molar-refractivity contribution in [2.24, 2.45) is 0 Å². The molecule has 0 rings (SSSR count). The lowest BCUT2D eigenvalue weighted by Crippen LogP contribution is -2.25. The Bertz CT molecular complexity index is 348. The van der Waals surface area contributed by atoms with Gasteiger partial charge in [-0.15, -0.1) is 0 Å². The molecule has 0 spiro atoms. The Labute approximate surface area is 206 Å². The Morgan fingerprint density at radius 2 is 1.03 bits per heavy atom. The van der Waals surface area contributed by atoms with Crippen LogP contribution < -0.4 is 10.6 Å². The second-order valence-corrected chi connectivity index (χ2v) is 7.08. The molecular weight excluding hydrogens is 539 g/mol. The number of aliphatic hydroxyl groups excluding tert-OH is 1. The van der Waals surface area contributed by atoms with E-state index in [1.807, 2.05) is 0 Å². The van der Waals surface area contributed by atoms with E-state index in [1.54, 1.807) is 29.9 Å². The maximum absolute atomic E-state index is 9.05. The number of aliphatic hydroxyl groups is 1. The summed E-state index contributed by atoms with van der Waals surface area (Å²) in [6.07, 6.45) is 0.538. The molecule has 3 N–H and O–H groups in total. The van der Waals surface area contributed by atoms with E-state index in [0.717, 1.165) is 32.6 Å². The molecule has 0 aliphatic heterocycles. The van der Waals surface area contributed by atoms with E-state index >= 15 is 0 Å². The van der Waals surface area contributed by atoms with Gasteiger partial charge in [0.1, 0.15) is 6.61 Å². The largest absolute Gasteiger partial charge is 0.391 e. The lowest BCUT2D eigenvalue weighted by Gasteiger charge is -2.09. The summed E-state index contributed by atoms with van der Waals surface area (Å²) in [6, 6.07) is 0. The third-order valence-electron chi connectivity index (χ3n) is 3.74. The summed E-state index contributed by atoms with van der Waals surface area (Å²) in [5, 5.41) is 15.6. The minimum atomic E-state index is -0.413. The van der Waals surface area contributed by atoms with Gasteiger partial charge in [0.15, 0.2) is 23.0 Å². The molecule has 0 amide bonds. The minimum Gasteiger partial charge on any atom is -0.391 e. The van der Waals surface area contributed by atoms with Crippen LogP contribution in [-0.2, 0) is 36.5 Å². The van der Waals surface area contributed by atoms with Gasteiger partial charge >= 0.3 is 0 Å². The van der Waals surface area contributed by atoms with Gasteiger partial charge in [0, 0.05) is 26.2 Å². The fourth-order valence-electron chi connectivity index (χ4n) is 2.22. The van der Waals surface area contributed by atoms with Crippen LogP contribution in [-0.4, -0.2) is 123 Å². The highest BCUT2D eigenvalue weighted by molar-refractivity contribution is 14.1. The molecule has 0 heterocycles. The number of hydrogen-bond acceptors (Lipinski definition) is 11. The summed E-state index contributed by atoms with van der Waals surface area (Å²) in [5.41, 5.74) is 0. The SMILES string of the molecule is CC(O)COCCNCCOCCOCCCNCCOCCOCCOCCOOI. The molecule has 0 fully saturated rings. The fourth-order valence-corrected chi connectivity index (χ4v) is 2.40. The normalized spacial score (nSPS) is 12.5. The molecule has 32 heavy (non-hydrogen) atoms. The van der Waals surface area contributed by atoms with E-state index in [9.17, 15) is 0 Å². The fraction of sp³-hybridized carbons (Fsp3) is 1.00. The predicted molar refractivity (Wildman–Crippen MR) is 128 cm³/mol. The zero-order valence-electron chi connectivity index (χ0n) is 19.4. The average Bonchev–Trinajstić information content (AvgIpc) is 2.78. The zero-order valence-corrected chi connectivity index (χ0v) is 21.6. The predicted octanol–water partition coefficient (Wildman–Crippen LogP) is 0.334. The molecule has 0 saturated carbocycles. The van der Waals surface area contributed by atoms with E-state index in [1.165, 1.54) is 0 Å². The second-order valence-electron chi connectivity index (χ2n) is 6.72. The molecule has 0 aliphatic carbocycles. The number of halogens is 1. The molecular formula is C20H43IN2O9. The van der Waals surface area contributed by atoms with Crippen LogP contribution in [0.5, 0.6) is 0 Å². The first-order chi connectivity index (χ1) is 15.8. The molecule has 0 aliphatic rings. The quantitative estimate of drug-likeness (QED) is 0.0513. The molecule has 194 valence electrons. The van der Waals surface area contributed by atoms with Crippen LogP contribution in [0.25, 0.3) is 0 Å². The van der Waals surface area contributed by atoms with Crippen molar-refractivity contribution in [3.8, 4) is 0 Å². The zero-order chi connectivity index (χ0) is 23.4. The van der Waals surface area contributed by atoms with Crippen molar-refractivity contribution in [1.82, 2.24) is 10.6 Å². The molecule has 0 bridgehead atoms. The van der Waals surface area contributed by atoms with Gasteiger partial charge in [-0.1, -0.05) is 0 Å². The highest BCUT2D eigenvalue weighted by atomic mass is 127. The molecule has 1 unspecified atom stereocenters. The highest BCUT2D eigenvalue weighted by Crippen LogP contribution is 1.88. The standard InChI is InChI=1S/C20H43IN2O9/c1-20(24)19-30-10-6-23-5-9-27-12-11-25-7-2-3-22-4-8-26-13-14-28-15-16-29-17-18-31-32-21/h20,22-24H,2-19H2,1H3. The van der Waals surface area contributed by atoms with Crippen molar-refractivity contribution in [2.75, 3.05) is 112 Å². The smallest absolute Gasteiger partial charge is 0.155 e. The Balaban J connectivity index is 3.00. The van der Waals surface area contributed by atoms with Gasteiger partial charge in [-0.05, 0) is 19.9 Å². The van der Waals surface area contributed by atoms with Crippen molar-refractivity contribution in [3.63, 3.8) is 0 Å². The van der Waals surface area contributed by atoms with Crippen molar-refractivity contribution < 1.29 is 41.6 Å². The van der Waals surface area contributed by atoms with E-state index in [-0.39, 0.29) is 0 Å². The van der Waals surface area contributed by atoms with Crippen LogP contribution in [0.1, 0.15) is 13.3 Å². The van der Waals surface area contributed by atoms with E-state index < -0.39 is 6.10 Å². The third-order valence-corrected chi connectivity index (χ3v) is 4.00. The average molecular weight is 582 g/mol. The Morgan fingerprint density at radius 1 is 0.594 bits per heavy atom. The number of ether oxygens (including phenoxy) is 6. The number of hydrogen-bond donors (Lipinski definition) is 3. The Kier molecular flexibility index (Phi) is 29.6. The van der Waals surface area contributed by atoms with Crippen LogP contribution in [0.4, 0.5) is 0 Å². The lowest BCUT2D eigenvalue weighted by molar-refractivity contribution is -0.177. The number of rotatable bonds is 28. The van der Waals surface area contributed by atoms with Gasteiger partial charge in [-0.25, -0.2) is 4.89 Å². The molecule has 1 atom stereocenters. The first kappa shape index (κ1) is 32.3. The second kappa shape index (κ2) is 29.3. The lowest BCUT2D eigenvalue weighted by atomic mass is 10.4. The van der Waals surface area contributed by atoms with Gasteiger partial charge < -0.3 is 44.2 Å². The van der Waals surface area contributed by atoms with Crippen molar-refractivity contribution in [1.29, 1.82) is 0 Å². The van der Waals surface area contributed by atoms with Gasteiger partial charge in [0.05, 0.1) is 78.8 Å². The van der Waals surface area contributed by atoms with Crippen LogP contribution >= 0.6 is 23.0 Å². The van der Waals surface area contributed by atoms with Gasteiger partial charge in [-0.2, -0.15) is 3.22 Å². The van der Waals surface area contributed by atoms with Gasteiger partial charge in [-0.3, -0.25) is 0 Å². The summed E-state index contributed by atoms with van der Waals surface area (Å²) in [5.74, 6) is 0. The first-order valence-corrected chi connectivity index (χ1v) is 12.1. The van der Waals surface area contributed by atoms with E-state index in [2.05, 4.69) is 18.7 Å².